The maximum absolute atomic E-state index is 11.2. The van der Waals surface area contributed by atoms with E-state index in [0.29, 0.717) is 17.6 Å². The van der Waals surface area contributed by atoms with Gasteiger partial charge in [-0.3, -0.25) is 4.79 Å². The molecule has 1 rings (SSSR count). The van der Waals surface area contributed by atoms with Crippen molar-refractivity contribution in [1.29, 1.82) is 0 Å². The molecule has 0 radical (unpaired) electrons. The minimum Gasteiger partial charge on any atom is -0.299 e. The molecule has 1 aliphatic carbocycles. The van der Waals surface area contributed by atoms with Gasteiger partial charge in [-0.15, -0.1) is 0 Å². The molecule has 1 aliphatic rings. The highest BCUT2D eigenvalue weighted by Gasteiger charge is 2.30. The third kappa shape index (κ3) is 1.54. The number of rotatable bonds is 2. The van der Waals surface area contributed by atoms with Crippen LogP contribution in [0.5, 0.6) is 0 Å². The number of carbonyl (C=O) groups excluding carboxylic acids is 1. The molecule has 1 fully saturated rings. The molecule has 0 bridgehead atoms. The molecule has 2 atom stereocenters. The molecule has 10 heavy (non-hydrogen) atoms. The zero-order valence-electron chi connectivity index (χ0n) is 6.59. The SMILES string of the molecule is CSCC1C(=O)CCC1C. The van der Waals surface area contributed by atoms with Gasteiger partial charge >= 0.3 is 0 Å². The van der Waals surface area contributed by atoms with E-state index in [2.05, 4.69) is 13.2 Å². The topological polar surface area (TPSA) is 17.1 Å². The molecule has 0 heterocycles. The van der Waals surface area contributed by atoms with Gasteiger partial charge in [0.1, 0.15) is 5.78 Å². The van der Waals surface area contributed by atoms with Crippen LogP contribution >= 0.6 is 11.8 Å². The number of ketones is 1. The maximum atomic E-state index is 11.2. The molecule has 0 N–H and O–H groups in total. The Hall–Kier alpha value is 0.0200. The summed E-state index contributed by atoms with van der Waals surface area (Å²) in [5.41, 5.74) is 0. The van der Waals surface area contributed by atoms with E-state index in [-0.39, 0.29) is 0 Å². The van der Waals surface area contributed by atoms with Crippen LogP contribution in [0.3, 0.4) is 0 Å². The smallest absolute Gasteiger partial charge is 0.137 e. The van der Waals surface area contributed by atoms with Crippen molar-refractivity contribution in [3.8, 4) is 0 Å². The van der Waals surface area contributed by atoms with Crippen molar-refractivity contribution in [3.63, 3.8) is 0 Å². The average Bonchev–Trinajstić information content (AvgIpc) is 2.20. The lowest BCUT2D eigenvalue weighted by Gasteiger charge is -2.10. The Labute approximate surface area is 66.6 Å². The minimum atomic E-state index is 0.370. The van der Waals surface area contributed by atoms with E-state index in [4.69, 9.17) is 0 Å². The summed E-state index contributed by atoms with van der Waals surface area (Å²) < 4.78 is 0. The van der Waals surface area contributed by atoms with E-state index in [9.17, 15) is 4.79 Å². The van der Waals surface area contributed by atoms with Crippen LogP contribution in [0.1, 0.15) is 19.8 Å². The molecule has 2 heteroatoms. The van der Waals surface area contributed by atoms with E-state index in [1.54, 1.807) is 11.8 Å². The summed E-state index contributed by atoms with van der Waals surface area (Å²) in [5.74, 6) is 2.52. The fourth-order valence-corrected chi connectivity index (χ4v) is 2.38. The van der Waals surface area contributed by atoms with Gasteiger partial charge in [-0.05, 0) is 18.6 Å². The standard InChI is InChI=1S/C8H14OS/c1-6-3-4-8(9)7(6)5-10-2/h6-7H,3-5H2,1-2H3. The summed E-state index contributed by atoms with van der Waals surface area (Å²) >= 11 is 1.79. The predicted octanol–water partition coefficient (Wildman–Crippen LogP) is 1.96. The van der Waals surface area contributed by atoms with Gasteiger partial charge in [0, 0.05) is 18.1 Å². The van der Waals surface area contributed by atoms with Crippen LogP contribution in [0.4, 0.5) is 0 Å². The highest BCUT2D eigenvalue weighted by molar-refractivity contribution is 7.98. The van der Waals surface area contributed by atoms with Gasteiger partial charge in [0.05, 0.1) is 0 Å². The molecule has 1 nitrogen and oxygen atoms in total. The van der Waals surface area contributed by atoms with Crippen molar-refractivity contribution >= 4 is 17.5 Å². The lowest BCUT2D eigenvalue weighted by molar-refractivity contribution is -0.120. The Morgan fingerprint density at radius 3 is 2.80 bits per heavy atom. The Bertz CT molecular complexity index is 133. The van der Waals surface area contributed by atoms with Gasteiger partial charge in [0.2, 0.25) is 0 Å². The third-order valence-corrected chi connectivity index (χ3v) is 2.99. The Morgan fingerprint density at radius 2 is 2.40 bits per heavy atom. The largest absolute Gasteiger partial charge is 0.299 e. The van der Waals surface area contributed by atoms with Gasteiger partial charge < -0.3 is 0 Å². The van der Waals surface area contributed by atoms with Gasteiger partial charge in [0.15, 0.2) is 0 Å². The van der Waals surface area contributed by atoms with Crippen LogP contribution < -0.4 is 0 Å². The first-order valence-corrected chi connectivity index (χ1v) is 5.16. The average molecular weight is 158 g/mol. The summed E-state index contributed by atoms with van der Waals surface area (Å²) in [4.78, 5) is 11.2. The molecule has 0 spiro atoms. The van der Waals surface area contributed by atoms with Crippen LogP contribution in [0.15, 0.2) is 0 Å². The first-order valence-electron chi connectivity index (χ1n) is 3.77. The summed E-state index contributed by atoms with van der Waals surface area (Å²) in [7, 11) is 0. The monoisotopic (exact) mass is 158 g/mol. The number of carbonyl (C=O) groups is 1. The van der Waals surface area contributed by atoms with Crippen molar-refractivity contribution in [2.45, 2.75) is 19.8 Å². The molecule has 58 valence electrons. The number of Topliss-reactive ketones (excluding diaryl/α,β-unsaturated/α-hetero) is 1. The number of hydrogen-bond acceptors (Lipinski definition) is 2. The van der Waals surface area contributed by atoms with E-state index < -0.39 is 0 Å². The number of thioether (sulfide) groups is 1. The summed E-state index contributed by atoms with van der Waals surface area (Å²) in [5, 5.41) is 0. The zero-order chi connectivity index (χ0) is 7.56. The molecule has 2 unspecified atom stereocenters. The Kier molecular flexibility index (Phi) is 2.78. The van der Waals surface area contributed by atoms with Crippen LogP contribution in [-0.2, 0) is 4.79 Å². The summed E-state index contributed by atoms with van der Waals surface area (Å²) in [6.45, 7) is 2.19. The van der Waals surface area contributed by atoms with Crippen LogP contribution in [0.25, 0.3) is 0 Å². The van der Waals surface area contributed by atoms with Gasteiger partial charge in [-0.2, -0.15) is 11.8 Å². The normalized spacial score (nSPS) is 33.2. The second-order valence-electron chi connectivity index (χ2n) is 3.04. The maximum Gasteiger partial charge on any atom is 0.137 e. The molecule has 0 aromatic heterocycles. The molecule has 0 aromatic carbocycles. The first-order chi connectivity index (χ1) is 4.75. The van der Waals surface area contributed by atoms with E-state index in [0.717, 1.165) is 18.6 Å². The highest BCUT2D eigenvalue weighted by Crippen LogP contribution is 2.29. The van der Waals surface area contributed by atoms with Gasteiger partial charge in [0.25, 0.3) is 0 Å². The van der Waals surface area contributed by atoms with E-state index >= 15 is 0 Å². The van der Waals surface area contributed by atoms with E-state index in [1.807, 2.05) is 0 Å². The van der Waals surface area contributed by atoms with Crippen LogP contribution in [0.2, 0.25) is 0 Å². The third-order valence-electron chi connectivity index (χ3n) is 2.29. The molecular weight excluding hydrogens is 144 g/mol. The fraction of sp³-hybridized carbons (Fsp3) is 0.875. The van der Waals surface area contributed by atoms with Gasteiger partial charge in [-0.1, -0.05) is 6.92 Å². The van der Waals surface area contributed by atoms with Crippen molar-refractivity contribution in [3.05, 3.63) is 0 Å². The first kappa shape index (κ1) is 8.12. The Balaban J connectivity index is 2.46. The van der Waals surface area contributed by atoms with Crippen molar-refractivity contribution < 1.29 is 4.79 Å². The van der Waals surface area contributed by atoms with Crippen LogP contribution in [-0.4, -0.2) is 17.8 Å². The minimum absolute atomic E-state index is 0.370. The van der Waals surface area contributed by atoms with Crippen molar-refractivity contribution in [2.75, 3.05) is 12.0 Å². The fourth-order valence-electron chi connectivity index (χ4n) is 1.51. The molecular formula is C8H14OS. The molecule has 1 saturated carbocycles. The van der Waals surface area contributed by atoms with Crippen molar-refractivity contribution in [2.24, 2.45) is 11.8 Å². The zero-order valence-corrected chi connectivity index (χ0v) is 7.41. The molecule has 0 aliphatic heterocycles. The van der Waals surface area contributed by atoms with Gasteiger partial charge in [-0.25, -0.2) is 0 Å². The van der Waals surface area contributed by atoms with Crippen molar-refractivity contribution in [1.82, 2.24) is 0 Å². The number of hydrogen-bond donors (Lipinski definition) is 0. The molecule has 0 aromatic rings. The summed E-state index contributed by atoms with van der Waals surface area (Å²) in [6.07, 6.45) is 4.01. The summed E-state index contributed by atoms with van der Waals surface area (Å²) in [6, 6.07) is 0. The second-order valence-corrected chi connectivity index (χ2v) is 3.95. The Morgan fingerprint density at radius 1 is 1.70 bits per heavy atom. The quantitative estimate of drug-likeness (QED) is 0.611. The molecule has 0 saturated heterocycles. The lowest BCUT2D eigenvalue weighted by Crippen LogP contribution is -2.14. The second kappa shape index (κ2) is 3.42. The molecule has 0 amide bonds. The van der Waals surface area contributed by atoms with Crippen LogP contribution in [0, 0.1) is 11.8 Å². The highest BCUT2D eigenvalue weighted by atomic mass is 32.2. The van der Waals surface area contributed by atoms with E-state index in [1.165, 1.54) is 0 Å². The lowest BCUT2D eigenvalue weighted by atomic mass is 10.0. The predicted molar refractivity (Wildman–Crippen MR) is 45.3 cm³/mol.